The van der Waals surface area contributed by atoms with Crippen LogP contribution in [0.5, 0.6) is 0 Å². The number of carbonyl (C=O) groups is 1. The Labute approximate surface area is 166 Å². The molecule has 2 aromatic carbocycles. The number of amides is 1. The Bertz CT molecular complexity index is 969. The number of para-hydroxylation sites is 1. The van der Waals surface area contributed by atoms with Crippen LogP contribution in [-0.2, 0) is 15.9 Å². The van der Waals surface area contributed by atoms with Gasteiger partial charge in [-0.3, -0.25) is 4.79 Å². The van der Waals surface area contributed by atoms with Crippen molar-refractivity contribution in [2.75, 3.05) is 11.4 Å². The summed E-state index contributed by atoms with van der Waals surface area (Å²) >= 11 is 0. The third-order valence-electron chi connectivity index (χ3n) is 5.89. The number of halogens is 1. The van der Waals surface area contributed by atoms with E-state index < -0.39 is 11.1 Å². The molecule has 0 saturated carbocycles. The van der Waals surface area contributed by atoms with Gasteiger partial charge in [-0.15, -0.1) is 0 Å². The predicted octanol–water partition coefficient (Wildman–Crippen LogP) is 5.12. The molecule has 0 radical (unpaired) electrons. The van der Waals surface area contributed by atoms with Gasteiger partial charge in [0.05, 0.1) is 5.41 Å². The summed E-state index contributed by atoms with van der Waals surface area (Å²) in [6, 6.07) is 15.7. The topological polar surface area (TPSA) is 32.3 Å². The van der Waals surface area contributed by atoms with Crippen molar-refractivity contribution in [2.24, 2.45) is 5.41 Å². The fourth-order valence-corrected chi connectivity index (χ4v) is 4.11. The van der Waals surface area contributed by atoms with Gasteiger partial charge in [-0.25, -0.2) is 4.39 Å². The number of fused-ring (bicyclic) bond motifs is 3. The zero-order chi connectivity index (χ0) is 20.3. The molecule has 2 aliphatic rings. The molecule has 1 fully saturated rings. The van der Waals surface area contributed by atoms with Crippen molar-refractivity contribution in [2.45, 2.75) is 45.7 Å². The lowest BCUT2D eigenvalue weighted by atomic mass is 9.79. The van der Waals surface area contributed by atoms with Crippen LogP contribution in [0.4, 0.5) is 10.1 Å². The lowest BCUT2D eigenvalue weighted by Crippen LogP contribution is -2.69. The number of hydrogen-bond donors (Lipinski definition) is 1. The summed E-state index contributed by atoms with van der Waals surface area (Å²) in [7, 11) is 0. The van der Waals surface area contributed by atoms with Crippen LogP contribution < -0.4 is 10.2 Å². The second-order valence-electron chi connectivity index (χ2n) is 9.51. The summed E-state index contributed by atoms with van der Waals surface area (Å²) in [5.41, 5.74) is 1.72. The van der Waals surface area contributed by atoms with E-state index in [2.05, 4.69) is 26.1 Å². The molecule has 2 aliphatic heterocycles. The highest BCUT2D eigenvalue weighted by Gasteiger charge is 2.54. The fraction of sp³-hybridized carbons (Fsp3) is 0.375. The second kappa shape index (κ2) is 5.94. The van der Waals surface area contributed by atoms with E-state index in [0.717, 1.165) is 16.8 Å². The third kappa shape index (κ3) is 2.66. The summed E-state index contributed by atoms with van der Waals surface area (Å²) in [5.74, 6) is -0.509. The predicted molar refractivity (Wildman–Crippen MR) is 112 cm³/mol. The number of nitrogens with one attached hydrogen (secondary N) is 1. The van der Waals surface area contributed by atoms with Crippen molar-refractivity contribution < 1.29 is 9.18 Å². The quantitative estimate of drug-likeness (QED) is 0.747. The van der Waals surface area contributed by atoms with Gasteiger partial charge < -0.3 is 10.2 Å². The Hall–Kier alpha value is -2.62. The first-order valence-electron chi connectivity index (χ1n) is 9.74. The summed E-state index contributed by atoms with van der Waals surface area (Å²) in [6.45, 7) is 10.7. The number of anilines is 1. The molecule has 4 heteroatoms. The van der Waals surface area contributed by atoms with Crippen molar-refractivity contribution in [3.63, 3.8) is 0 Å². The normalized spacial score (nSPS) is 23.4. The van der Waals surface area contributed by atoms with E-state index in [0.29, 0.717) is 6.54 Å². The number of carbonyl (C=O) groups excluding carboxylic acids is 1. The van der Waals surface area contributed by atoms with E-state index in [1.165, 1.54) is 5.56 Å². The number of rotatable bonds is 1. The van der Waals surface area contributed by atoms with Crippen LogP contribution in [0.3, 0.4) is 0 Å². The number of hydrogen-bond acceptors (Lipinski definition) is 2. The van der Waals surface area contributed by atoms with Crippen LogP contribution in [0.1, 0.15) is 51.3 Å². The maximum Gasteiger partial charge on any atom is 0.229 e. The summed E-state index contributed by atoms with van der Waals surface area (Å²) < 4.78 is 15.7. The van der Waals surface area contributed by atoms with Crippen LogP contribution in [0.2, 0.25) is 0 Å². The Kier molecular flexibility index (Phi) is 3.97. The summed E-state index contributed by atoms with van der Waals surface area (Å²) in [5, 5.41) is 3.03. The van der Waals surface area contributed by atoms with Gasteiger partial charge in [0, 0.05) is 23.4 Å². The molecule has 2 aromatic rings. The average Bonchev–Trinajstić information content (AvgIpc) is 2.63. The standard InChI is InChI=1S/C24H27FN2O/c1-22(2,3)17-10-12-18(13-11-17)24-20(25)14-16-8-6-7-9-19(16)27(24)15-23(4,5)21(28)26-24/h6-14H,15H2,1-5H3,(H,26,28). The molecular formula is C24H27FN2O. The maximum atomic E-state index is 15.7. The Morgan fingerprint density at radius 1 is 1.04 bits per heavy atom. The van der Waals surface area contributed by atoms with E-state index in [-0.39, 0.29) is 17.1 Å². The SMILES string of the molecule is CC1(C)CN2c3ccccc3C=C(F)C2(c2ccc(C(C)(C)C)cc2)NC1=O. The van der Waals surface area contributed by atoms with Gasteiger partial charge in [-0.2, -0.15) is 0 Å². The highest BCUT2D eigenvalue weighted by molar-refractivity contribution is 5.89. The number of nitrogens with zero attached hydrogens (tertiary/aromatic N) is 1. The van der Waals surface area contributed by atoms with Crippen LogP contribution in [0.15, 0.2) is 54.4 Å². The van der Waals surface area contributed by atoms with Crippen LogP contribution in [-0.4, -0.2) is 12.5 Å². The number of benzene rings is 2. The van der Waals surface area contributed by atoms with Gasteiger partial charge in [0.2, 0.25) is 5.91 Å². The van der Waals surface area contributed by atoms with Crippen LogP contribution >= 0.6 is 0 Å². The zero-order valence-corrected chi connectivity index (χ0v) is 17.1. The molecule has 3 nitrogen and oxygen atoms in total. The third-order valence-corrected chi connectivity index (χ3v) is 5.89. The molecule has 0 spiro atoms. The second-order valence-corrected chi connectivity index (χ2v) is 9.51. The Balaban J connectivity index is 1.92. The molecule has 0 bridgehead atoms. The van der Waals surface area contributed by atoms with E-state index in [1.54, 1.807) is 6.08 Å². The molecule has 1 amide bonds. The van der Waals surface area contributed by atoms with Crippen molar-refractivity contribution in [1.82, 2.24) is 5.32 Å². The van der Waals surface area contributed by atoms with Gasteiger partial charge in [0.15, 0.2) is 11.5 Å². The van der Waals surface area contributed by atoms with Crippen molar-refractivity contribution in [1.29, 1.82) is 0 Å². The average molecular weight is 378 g/mol. The van der Waals surface area contributed by atoms with E-state index in [1.807, 2.05) is 67.3 Å². The van der Waals surface area contributed by atoms with Crippen molar-refractivity contribution in [3.05, 3.63) is 71.0 Å². The first-order chi connectivity index (χ1) is 13.1. The molecule has 0 aromatic heterocycles. The van der Waals surface area contributed by atoms with E-state index >= 15 is 4.39 Å². The zero-order valence-electron chi connectivity index (χ0n) is 17.1. The molecule has 1 N–H and O–H groups in total. The monoisotopic (exact) mass is 378 g/mol. The Morgan fingerprint density at radius 3 is 2.32 bits per heavy atom. The van der Waals surface area contributed by atoms with Gasteiger partial charge in [-0.1, -0.05) is 63.2 Å². The first-order valence-corrected chi connectivity index (χ1v) is 9.74. The minimum absolute atomic E-state index is 0.00123. The first kappa shape index (κ1) is 18.7. The maximum absolute atomic E-state index is 15.7. The summed E-state index contributed by atoms with van der Waals surface area (Å²) in [6.07, 6.45) is 1.54. The van der Waals surface area contributed by atoms with E-state index in [4.69, 9.17) is 0 Å². The largest absolute Gasteiger partial charge is 0.338 e. The van der Waals surface area contributed by atoms with Gasteiger partial charge in [0.25, 0.3) is 0 Å². The molecule has 28 heavy (non-hydrogen) atoms. The molecule has 1 saturated heterocycles. The van der Waals surface area contributed by atoms with Gasteiger partial charge in [0.1, 0.15) is 0 Å². The summed E-state index contributed by atoms with van der Waals surface area (Å²) in [4.78, 5) is 14.9. The van der Waals surface area contributed by atoms with E-state index in [9.17, 15) is 4.79 Å². The van der Waals surface area contributed by atoms with Gasteiger partial charge >= 0.3 is 0 Å². The van der Waals surface area contributed by atoms with Crippen LogP contribution in [0.25, 0.3) is 6.08 Å². The Morgan fingerprint density at radius 2 is 1.68 bits per heavy atom. The molecule has 4 rings (SSSR count). The van der Waals surface area contributed by atoms with Gasteiger partial charge in [-0.05, 0) is 37.0 Å². The highest BCUT2D eigenvalue weighted by Crippen LogP contribution is 2.48. The van der Waals surface area contributed by atoms with Crippen molar-refractivity contribution in [3.8, 4) is 0 Å². The molecule has 1 atom stereocenters. The molecule has 2 heterocycles. The van der Waals surface area contributed by atoms with Crippen molar-refractivity contribution >= 4 is 17.7 Å². The molecule has 1 unspecified atom stereocenters. The lowest BCUT2D eigenvalue weighted by Gasteiger charge is -2.54. The lowest BCUT2D eigenvalue weighted by molar-refractivity contribution is -0.133. The fourth-order valence-electron chi connectivity index (χ4n) is 4.11. The molecular weight excluding hydrogens is 351 g/mol. The smallest absolute Gasteiger partial charge is 0.229 e. The highest BCUT2D eigenvalue weighted by atomic mass is 19.1. The minimum atomic E-state index is -1.31. The minimum Gasteiger partial charge on any atom is -0.338 e. The molecule has 0 aliphatic carbocycles. The molecule has 146 valence electrons. The van der Waals surface area contributed by atoms with Crippen LogP contribution in [0, 0.1) is 5.41 Å².